The van der Waals surface area contributed by atoms with Gasteiger partial charge in [-0.05, 0) is 0 Å². The average molecular weight is 649 g/mol. The Morgan fingerprint density at radius 3 is 1.73 bits per heavy atom. The summed E-state index contributed by atoms with van der Waals surface area (Å²) >= 11 is -3.14. The van der Waals surface area contributed by atoms with E-state index in [-0.39, 0.29) is 0 Å². The molecule has 3 nitrogen and oxygen atoms in total. The van der Waals surface area contributed by atoms with Crippen LogP contribution in [0.1, 0.15) is 70.4 Å². The van der Waals surface area contributed by atoms with Gasteiger partial charge in [-0.3, -0.25) is 0 Å². The van der Waals surface area contributed by atoms with Crippen LogP contribution < -0.4 is 0 Å². The van der Waals surface area contributed by atoms with Gasteiger partial charge in [0.2, 0.25) is 0 Å². The van der Waals surface area contributed by atoms with E-state index in [4.69, 9.17) is 0 Å². The van der Waals surface area contributed by atoms with Gasteiger partial charge in [0.15, 0.2) is 0 Å². The predicted molar refractivity (Wildman–Crippen MR) is 167 cm³/mol. The maximum absolute atomic E-state index is 14.6. The first-order valence-electron chi connectivity index (χ1n) is 14.4. The summed E-state index contributed by atoms with van der Waals surface area (Å²) in [6, 6.07) is 17.7. The van der Waals surface area contributed by atoms with Crippen molar-refractivity contribution in [1.82, 2.24) is 4.31 Å². The fourth-order valence-electron chi connectivity index (χ4n) is 5.09. The molecule has 0 N–H and O–H groups in total. The van der Waals surface area contributed by atoms with Gasteiger partial charge in [-0.25, -0.2) is 0 Å². The second-order valence-corrected chi connectivity index (χ2v) is 31.7. The van der Waals surface area contributed by atoms with Crippen molar-refractivity contribution < 1.29 is 8.42 Å². The van der Waals surface area contributed by atoms with Gasteiger partial charge in [-0.1, -0.05) is 0 Å². The number of hydrogen-bond acceptors (Lipinski definition) is 2. The molecule has 0 unspecified atom stereocenters. The Bertz CT molecular complexity index is 1050. The number of benzene rings is 2. The van der Waals surface area contributed by atoms with Gasteiger partial charge >= 0.3 is 235 Å². The van der Waals surface area contributed by atoms with E-state index in [0.717, 1.165) is 11.1 Å². The molecule has 0 radical (unpaired) electrons. The molecule has 37 heavy (non-hydrogen) atoms. The molecule has 2 rings (SSSR count). The van der Waals surface area contributed by atoms with Crippen molar-refractivity contribution in [1.29, 1.82) is 0 Å². The third-order valence-electron chi connectivity index (χ3n) is 7.19. The van der Waals surface area contributed by atoms with Crippen LogP contribution in [0, 0.1) is 6.92 Å². The Hall–Kier alpha value is -1.05. The molecule has 0 heterocycles. The van der Waals surface area contributed by atoms with Crippen LogP contribution >= 0.6 is 0 Å². The maximum atomic E-state index is 14.6. The van der Waals surface area contributed by atoms with E-state index in [2.05, 4.69) is 58.2 Å². The van der Waals surface area contributed by atoms with E-state index >= 15 is 0 Å². The zero-order valence-electron chi connectivity index (χ0n) is 24.5. The summed E-state index contributed by atoms with van der Waals surface area (Å²) in [4.78, 5) is 0.414. The molecular weight excluding hydrogens is 597 g/mol. The summed E-state index contributed by atoms with van der Waals surface area (Å²) in [7, 11) is -5.44. The van der Waals surface area contributed by atoms with E-state index in [1.807, 2.05) is 41.6 Å². The van der Waals surface area contributed by atoms with Gasteiger partial charge in [-0.2, -0.15) is 0 Å². The van der Waals surface area contributed by atoms with Crippen LogP contribution in [0.15, 0.2) is 68.9 Å². The Labute approximate surface area is 233 Å². The van der Waals surface area contributed by atoms with E-state index in [9.17, 15) is 8.42 Å². The summed E-state index contributed by atoms with van der Waals surface area (Å²) in [6.07, 6.45) is 7.12. The fraction of sp³-hybridized carbons (Fsp3) is 0.548. The summed E-state index contributed by atoms with van der Waals surface area (Å²) in [5, 5.41) is 0. The Morgan fingerprint density at radius 2 is 1.30 bits per heavy atom. The van der Waals surface area contributed by atoms with Gasteiger partial charge in [0.05, 0.1) is 0 Å². The fourth-order valence-corrected chi connectivity index (χ4v) is 31.4. The van der Waals surface area contributed by atoms with Crippen molar-refractivity contribution in [3.05, 3.63) is 75.1 Å². The number of unbranched alkanes of at least 4 members (excludes halogenated alkanes) is 3. The van der Waals surface area contributed by atoms with Crippen LogP contribution in [0.5, 0.6) is 0 Å². The molecule has 0 aliphatic carbocycles. The number of sulfonamides is 1. The molecule has 0 aliphatic rings. The van der Waals surface area contributed by atoms with E-state index in [1.54, 1.807) is 12.1 Å². The quantitative estimate of drug-likeness (QED) is 0.170. The van der Waals surface area contributed by atoms with Crippen molar-refractivity contribution in [3.8, 4) is 0 Å². The van der Waals surface area contributed by atoms with Crippen molar-refractivity contribution in [3.63, 3.8) is 0 Å². The predicted octanol–water partition coefficient (Wildman–Crippen LogP) is 9.34. The van der Waals surface area contributed by atoms with E-state index < -0.39 is 36.5 Å². The van der Waals surface area contributed by atoms with Gasteiger partial charge in [0, 0.05) is 0 Å². The van der Waals surface area contributed by atoms with Crippen molar-refractivity contribution in [2.24, 2.45) is 0 Å². The normalized spacial score (nSPS) is 13.1. The first-order valence-corrected chi connectivity index (χ1v) is 26.9. The second-order valence-electron chi connectivity index (χ2n) is 11.8. The number of hydrogen-bond donors (Lipinski definition) is 0. The van der Waals surface area contributed by atoms with E-state index in [1.165, 1.54) is 55.5 Å². The van der Waals surface area contributed by atoms with Gasteiger partial charge in [-0.15, -0.1) is 0 Å². The minimum atomic E-state index is -3.71. The minimum absolute atomic E-state index is 0.413. The zero-order valence-corrected chi connectivity index (χ0v) is 29.2. The molecule has 0 aliphatic heterocycles. The summed E-state index contributed by atoms with van der Waals surface area (Å²) in [5.41, 5.74) is 4.65. The van der Waals surface area contributed by atoms with Crippen molar-refractivity contribution >= 4 is 36.5 Å². The molecule has 2 aromatic carbocycles. The molecule has 0 saturated carbocycles. The van der Waals surface area contributed by atoms with Gasteiger partial charge < -0.3 is 0 Å². The molecule has 0 bridgehead atoms. The summed E-state index contributed by atoms with van der Waals surface area (Å²) in [5.74, 6) is 0. The molecule has 0 atom stereocenters. The third-order valence-corrected chi connectivity index (χ3v) is 26.9. The summed E-state index contributed by atoms with van der Waals surface area (Å²) < 4.78 is 36.1. The second kappa shape index (κ2) is 14.9. The first-order chi connectivity index (χ1) is 17.5. The van der Waals surface area contributed by atoms with Crippen LogP contribution in [-0.4, -0.2) is 39.2 Å². The molecule has 0 spiro atoms. The Kier molecular flexibility index (Phi) is 13.0. The zero-order chi connectivity index (χ0) is 27.5. The van der Waals surface area contributed by atoms with Crippen LogP contribution in [0.25, 0.3) is 0 Å². The molecule has 0 amide bonds. The first kappa shape index (κ1) is 32.2. The molecule has 2 aromatic rings. The monoisotopic (exact) mass is 649 g/mol. The third kappa shape index (κ3) is 9.57. The standard InChI is InChI=1S/C19H24NO2SSi.3C4H9.Sn/c1-17-10-12-19(13-11-17)23(21,22)20(14-15-24(2,3)4)16-18-8-6-5-7-9-18;3*1-3-4-2;/h5-13,15H,16H2,1-4H3;3*1,3-4H2,2H3;. The van der Waals surface area contributed by atoms with Crippen LogP contribution in [-0.2, 0) is 16.6 Å². The molecule has 0 aromatic heterocycles. The molecule has 0 saturated heterocycles. The van der Waals surface area contributed by atoms with Crippen molar-refractivity contribution in [2.75, 3.05) is 0 Å². The summed E-state index contributed by atoms with van der Waals surface area (Å²) in [6.45, 7) is 16.4. The molecule has 6 heteroatoms. The van der Waals surface area contributed by atoms with E-state index in [0.29, 0.717) is 11.4 Å². The van der Waals surface area contributed by atoms with Gasteiger partial charge in [0.25, 0.3) is 0 Å². The SMILES string of the molecule is CCC[CH2][Sn]([CH2]CCC)([CH2]CCC)/[C](=C/[Si](C)(C)C)N(Cc1ccccc1)S(=O)(=O)c1ccc(C)cc1. The molecule has 206 valence electrons. The van der Waals surface area contributed by atoms with Gasteiger partial charge in [0.1, 0.15) is 0 Å². The van der Waals surface area contributed by atoms with Crippen LogP contribution in [0.4, 0.5) is 0 Å². The van der Waals surface area contributed by atoms with Crippen LogP contribution in [0.2, 0.25) is 33.0 Å². The molecular formula is C31H51NO2SSiSn. The number of nitrogens with zero attached hydrogens (tertiary/aromatic N) is 1. The Morgan fingerprint density at radius 1 is 0.811 bits per heavy atom. The number of aryl methyl sites for hydroxylation is 1. The van der Waals surface area contributed by atoms with Crippen molar-refractivity contribution in [2.45, 2.75) is 111 Å². The topological polar surface area (TPSA) is 37.4 Å². The number of rotatable bonds is 16. The Balaban J connectivity index is 2.86. The van der Waals surface area contributed by atoms with Crippen LogP contribution in [0.3, 0.4) is 0 Å². The molecule has 0 fully saturated rings. The average Bonchev–Trinajstić information content (AvgIpc) is 2.86.